The topological polar surface area (TPSA) is 86.7 Å². The fourth-order valence-corrected chi connectivity index (χ4v) is 6.07. The number of benzene rings is 2. The number of sulfonamides is 1. The number of hydrogen-bond donors (Lipinski definition) is 2. The lowest BCUT2D eigenvalue weighted by Gasteiger charge is -2.51. The molecule has 0 unspecified atom stereocenters. The van der Waals surface area contributed by atoms with E-state index in [9.17, 15) is 18.3 Å². The Morgan fingerprint density at radius 3 is 2.27 bits per heavy atom. The molecule has 0 radical (unpaired) electrons. The Hall–Kier alpha value is -1.93. The predicted molar refractivity (Wildman–Crippen MR) is 131 cm³/mol. The Balaban J connectivity index is 1.76. The van der Waals surface area contributed by atoms with Crippen molar-refractivity contribution in [1.82, 2.24) is 9.62 Å². The number of nitrogens with zero attached hydrogens (tertiary/aromatic N) is 1. The Bertz CT molecular complexity index is 1070. The summed E-state index contributed by atoms with van der Waals surface area (Å²) in [5.41, 5.74) is -0.367. The van der Waals surface area contributed by atoms with E-state index in [0.717, 1.165) is 5.56 Å². The summed E-state index contributed by atoms with van der Waals surface area (Å²) in [4.78, 5) is 15.1. The molecule has 2 aromatic carbocycles. The Kier molecular flexibility index (Phi) is 7.58. The van der Waals surface area contributed by atoms with Gasteiger partial charge in [0.1, 0.15) is 6.04 Å². The number of likely N-dealkylation sites (tertiary alicyclic amines) is 1. The lowest BCUT2D eigenvalue weighted by molar-refractivity contribution is -0.155. The highest BCUT2D eigenvalue weighted by molar-refractivity contribution is 7.88. The molecular weight excluding hydrogens is 460 g/mol. The summed E-state index contributed by atoms with van der Waals surface area (Å²) in [6.45, 7) is 8.12. The van der Waals surface area contributed by atoms with E-state index in [0.29, 0.717) is 30.1 Å². The Labute approximate surface area is 202 Å². The third-order valence-electron chi connectivity index (χ3n) is 6.52. The highest BCUT2D eigenvalue weighted by atomic mass is 35.5. The highest BCUT2D eigenvalue weighted by Gasteiger charge is 2.50. The largest absolute Gasteiger partial charge is 0.384 e. The second kappa shape index (κ2) is 9.74. The summed E-state index contributed by atoms with van der Waals surface area (Å²) in [6.07, 6.45) is 0.342. The minimum atomic E-state index is -3.72. The van der Waals surface area contributed by atoms with Crippen LogP contribution < -0.4 is 4.72 Å². The van der Waals surface area contributed by atoms with E-state index in [1.807, 2.05) is 45.9 Å². The first-order chi connectivity index (χ1) is 15.3. The molecule has 0 saturated carbocycles. The number of piperidine rings is 1. The molecule has 2 aromatic rings. The molecule has 180 valence electrons. The number of aliphatic hydroxyl groups is 1. The zero-order valence-electron chi connectivity index (χ0n) is 19.6. The zero-order chi connectivity index (χ0) is 24.4. The summed E-state index contributed by atoms with van der Waals surface area (Å²) in [5.74, 6) is -0.692. The number of halogens is 1. The van der Waals surface area contributed by atoms with Gasteiger partial charge in [-0.05, 0) is 35.6 Å². The molecule has 0 aromatic heterocycles. The van der Waals surface area contributed by atoms with E-state index < -0.39 is 27.1 Å². The maximum Gasteiger partial charge on any atom is 0.241 e. The highest BCUT2D eigenvalue weighted by Crippen LogP contribution is 2.46. The monoisotopic (exact) mass is 492 g/mol. The molecular formula is C25H33ClN2O4S. The van der Waals surface area contributed by atoms with E-state index in [1.54, 1.807) is 41.3 Å². The van der Waals surface area contributed by atoms with Crippen molar-refractivity contribution in [3.63, 3.8) is 0 Å². The van der Waals surface area contributed by atoms with Gasteiger partial charge in [-0.3, -0.25) is 4.79 Å². The van der Waals surface area contributed by atoms with Crippen molar-refractivity contribution in [2.24, 2.45) is 11.3 Å². The lowest BCUT2D eigenvalue weighted by Crippen LogP contribution is -2.60. The molecule has 2 N–H and O–H groups in total. The molecule has 3 rings (SSSR count). The van der Waals surface area contributed by atoms with E-state index in [1.165, 1.54) is 0 Å². The first-order valence-electron chi connectivity index (χ1n) is 11.2. The number of nitrogens with one attached hydrogen (secondary N) is 1. The van der Waals surface area contributed by atoms with Gasteiger partial charge in [0.2, 0.25) is 15.9 Å². The standard InChI is InChI=1S/C25H33ClN2O4S/c1-18(2)22(27-33(31,32)16-19-8-6-5-7-9-19)23(29)28-15-14-25(30,24(3,4)17-28)20-10-12-21(26)13-11-20/h5-13,18,22,27,30H,14-17H2,1-4H3/t22-,25+/m1/s1. The van der Waals surface area contributed by atoms with Gasteiger partial charge in [-0.1, -0.05) is 81.8 Å². The van der Waals surface area contributed by atoms with Crippen LogP contribution in [0.25, 0.3) is 0 Å². The van der Waals surface area contributed by atoms with Gasteiger partial charge in [0.15, 0.2) is 0 Å². The maximum absolute atomic E-state index is 13.4. The van der Waals surface area contributed by atoms with Crippen LogP contribution in [0, 0.1) is 11.3 Å². The minimum absolute atomic E-state index is 0.188. The molecule has 1 amide bonds. The summed E-state index contributed by atoms with van der Waals surface area (Å²) in [6, 6.07) is 15.1. The van der Waals surface area contributed by atoms with Crippen LogP contribution in [0.2, 0.25) is 5.02 Å². The molecule has 1 saturated heterocycles. The van der Waals surface area contributed by atoms with Crippen LogP contribution >= 0.6 is 11.6 Å². The van der Waals surface area contributed by atoms with Crippen molar-refractivity contribution in [3.05, 3.63) is 70.7 Å². The molecule has 0 bridgehead atoms. The van der Waals surface area contributed by atoms with Crippen molar-refractivity contribution >= 4 is 27.5 Å². The van der Waals surface area contributed by atoms with Crippen LogP contribution in [0.3, 0.4) is 0 Å². The molecule has 2 atom stereocenters. The average molecular weight is 493 g/mol. The van der Waals surface area contributed by atoms with Crippen molar-refractivity contribution in [2.45, 2.75) is 51.5 Å². The molecule has 8 heteroatoms. The lowest BCUT2D eigenvalue weighted by atomic mass is 9.66. The van der Waals surface area contributed by atoms with Gasteiger partial charge in [-0.25, -0.2) is 13.1 Å². The number of carbonyl (C=O) groups excluding carboxylic acids is 1. The van der Waals surface area contributed by atoms with Gasteiger partial charge in [-0.2, -0.15) is 0 Å². The van der Waals surface area contributed by atoms with E-state index in [4.69, 9.17) is 11.6 Å². The Morgan fingerprint density at radius 1 is 1.12 bits per heavy atom. The second-order valence-corrected chi connectivity index (χ2v) is 12.0. The number of amides is 1. The fourth-order valence-electron chi connectivity index (χ4n) is 4.47. The molecule has 1 aliphatic heterocycles. The molecule has 1 heterocycles. The maximum atomic E-state index is 13.4. The van der Waals surface area contributed by atoms with E-state index >= 15 is 0 Å². The van der Waals surface area contributed by atoms with E-state index in [-0.39, 0.29) is 17.6 Å². The molecule has 33 heavy (non-hydrogen) atoms. The Morgan fingerprint density at radius 2 is 1.73 bits per heavy atom. The molecule has 6 nitrogen and oxygen atoms in total. The van der Waals surface area contributed by atoms with Crippen LogP contribution in [0.4, 0.5) is 0 Å². The summed E-state index contributed by atoms with van der Waals surface area (Å²) in [7, 11) is -3.72. The molecule has 0 spiro atoms. The van der Waals surface area contributed by atoms with Crippen LogP contribution in [0.15, 0.2) is 54.6 Å². The first kappa shape index (κ1) is 25.7. The SMILES string of the molecule is CC(C)[C@@H](NS(=O)(=O)Cc1ccccc1)C(=O)N1CC[C@](O)(c2ccc(Cl)cc2)C(C)(C)C1. The average Bonchev–Trinajstić information content (AvgIpc) is 2.74. The van der Waals surface area contributed by atoms with E-state index in [2.05, 4.69) is 4.72 Å². The van der Waals surface area contributed by atoms with Gasteiger partial charge in [0.05, 0.1) is 11.4 Å². The predicted octanol–water partition coefficient (Wildman–Crippen LogP) is 3.93. The summed E-state index contributed by atoms with van der Waals surface area (Å²) >= 11 is 6.01. The minimum Gasteiger partial charge on any atom is -0.384 e. The fraction of sp³-hybridized carbons (Fsp3) is 0.480. The number of rotatable bonds is 7. The van der Waals surface area contributed by atoms with Crippen molar-refractivity contribution in [3.8, 4) is 0 Å². The number of hydrogen-bond acceptors (Lipinski definition) is 4. The van der Waals surface area contributed by atoms with Crippen LogP contribution in [-0.4, -0.2) is 43.5 Å². The van der Waals surface area contributed by atoms with Crippen molar-refractivity contribution < 1.29 is 18.3 Å². The number of carbonyl (C=O) groups is 1. The van der Waals surface area contributed by atoms with Gasteiger partial charge >= 0.3 is 0 Å². The second-order valence-electron chi connectivity index (χ2n) is 9.85. The van der Waals surface area contributed by atoms with Gasteiger partial charge < -0.3 is 10.0 Å². The van der Waals surface area contributed by atoms with Crippen LogP contribution in [0.1, 0.15) is 45.2 Å². The zero-order valence-corrected chi connectivity index (χ0v) is 21.2. The quantitative estimate of drug-likeness (QED) is 0.613. The van der Waals surface area contributed by atoms with Crippen molar-refractivity contribution in [1.29, 1.82) is 0 Å². The third kappa shape index (κ3) is 5.77. The molecule has 1 fully saturated rings. The normalized spacial score (nSPS) is 21.7. The molecule has 0 aliphatic carbocycles. The molecule has 1 aliphatic rings. The summed E-state index contributed by atoms with van der Waals surface area (Å²) < 4.78 is 28.3. The smallest absolute Gasteiger partial charge is 0.241 e. The third-order valence-corrected chi connectivity index (χ3v) is 8.10. The van der Waals surface area contributed by atoms with Gasteiger partial charge in [0, 0.05) is 23.5 Å². The van der Waals surface area contributed by atoms with Gasteiger partial charge in [0.25, 0.3) is 0 Å². The summed E-state index contributed by atoms with van der Waals surface area (Å²) in [5, 5.41) is 12.2. The van der Waals surface area contributed by atoms with Gasteiger partial charge in [-0.15, -0.1) is 0 Å². The van der Waals surface area contributed by atoms with Crippen molar-refractivity contribution in [2.75, 3.05) is 13.1 Å². The first-order valence-corrected chi connectivity index (χ1v) is 13.2. The van der Waals surface area contributed by atoms with Crippen LogP contribution in [0.5, 0.6) is 0 Å². The van der Waals surface area contributed by atoms with Crippen LogP contribution in [-0.2, 0) is 26.2 Å².